The van der Waals surface area contributed by atoms with Gasteiger partial charge in [-0.1, -0.05) is 34.8 Å². The quantitative estimate of drug-likeness (QED) is 0.829. The van der Waals surface area contributed by atoms with Crippen molar-refractivity contribution in [1.29, 1.82) is 0 Å². The molecule has 1 aromatic carbocycles. The summed E-state index contributed by atoms with van der Waals surface area (Å²) in [6.45, 7) is 0. The SMILES string of the molecule is Nc1cc(Oc2cc(Cl)c(Cl)cc2Cl)nc(C2CC2)n1. The second-order valence-corrected chi connectivity index (χ2v) is 5.78. The van der Waals surface area contributed by atoms with Gasteiger partial charge in [0.25, 0.3) is 0 Å². The van der Waals surface area contributed by atoms with Crippen LogP contribution in [0.25, 0.3) is 0 Å². The van der Waals surface area contributed by atoms with Crippen molar-refractivity contribution < 1.29 is 4.74 Å². The van der Waals surface area contributed by atoms with E-state index >= 15 is 0 Å². The Balaban J connectivity index is 1.92. The van der Waals surface area contributed by atoms with Crippen molar-refractivity contribution in [3.8, 4) is 11.6 Å². The van der Waals surface area contributed by atoms with Gasteiger partial charge in [0.05, 0.1) is 15.1 Å². The molecule has 1 saturated carbocycles. The first-order valence-electron chi connectivity index (χ1n) is 6.00. The zero-order valence-electron chi connectivity index (χ0n) is 10.2. The summed E-state index contributed by atoms with van der Waals surface area (Å²) in [4.78, 5) is 8.53. The summed E-state index contributed by atoms with van der Waals surface area (Å²) in [7, 11) is 0. The third-order valence-corrected chi connectivity index (χ3v) is 3.89. The van der Waals surface area contributed by atoms with E-state index in [9.17, 15) is 0 Å². The lowest BCUT2D eigenvalue weighted by Crippen LogP contribution is -2.00. The molecule has 1 aromatic heterocycles. The number of benzene rings is 1. The maximum absolute atomic E-state index is 6.06. The molecule has 0 bridgehead atoms. The van der Waals surface area contributed by atoms with Crippen LogP contribution < -0.4 is 10.5 Å². The van der Waals surface area contributed by atoms with E-state index in [0.29, 0.717) is 44.3 Å². The van der Waals surface area contributed by atoms with Gasteiger partial charge in [-0.25, -0.2) is 4.98 Å². The molecule has 0 unspecified atom stereocenters. The van der Waals surface area contributed by atoms with E-state index in [1.54, 1.807) is 12.1 Å². The van der Waals surface area contributed by atoms with Gasteiger partial charge in [0, 0.05) is 18.1 Å². The highest BCUT2D eigenvalue weighted by molar-refractivity contribution is 6.43. The van der Waals surface area contributed by atoms with Gasteiger partial charge in [0.15, 0.2) is 0 Å². The number of aromatic nitrogens is 2. The molecule has 1 heterocycles. The Kier molecular flexibility index (Phi) is 3.63. The van der Waals surface area contributed by atoms with Crippen LogP contribution in [-0.4, -0.2) is 9.97 Å². The monoisotopic (exact) mass is 329 g/mol. The Bertz CT molecular complexity index is 674. The number of rotatable bonds is 3. The van der Waals surface area contributed by atoms with Crippen LogP contribution in [0.15, 0.2) is 18.2 Å². The van der Waals surface area contributed by atoms with Crippen molar-refractivity contribution in [2.24, 2.45) is 0 Å². The molecule has 0 radical (unpaired) electrons. The first-order valence-corrected chi connectivity index (χ1v) is 7.13. The molecule has 20 heavy (non-hydrogen) atoms. The summed E-state index contributed by atoms with van der Waals surface area (Å²) >= 11 is 17.9. The van der Waals surface area contributed by atoms with Crippen molar-refractivity contribution in [2.45, 2.75) is 18.8 Å². The number of hydrogen-bond donors (Lipinski definition) is 1. The zero-order chi connectivity index (χ0) is 14.3. The fourth-order valence-electron chi connectivity index (χ4n) is 1.73. The predicted molar refractivity (Wildman–Crippen MR) is 80.0 cm³/mol. The summed E-state index contributed by atoms with van der Waals surface area (Å²) in [6.07, 6.45) is 2.16. The first kappa shape index (κ1) is 13.7. The molecule has 4 nitrogen and oxygen atoms in total. The smallest absolute Gasteiger partial charge is 0.224 e. The Morgan fingerprint density at radius 3 is 2.40 bits per heavy atom. The molecule has 0 aliphatic heterocycles. The molecule has 1 aliphatic carbocycles. The van der Waals surface area contributed by atoms with Crippen LogP contribution in [0.4, 0.5) is 5.82 Å². The molecule has 0 atom stereocenters. The normalized spacial score (nSPS) is 14.3. The molecule has 0 amide bonds. The molecule has 0 saturated heterocycles. The van der Waals surface area contributed by atoms with Gasteiger partial charge < -0.3 is 10.5 Å². The number of halogens is 3. The average molecular weight is 331 g/mol. The van der Waals surface area contributed by atoms with Gasteiger partial charge >= 0.3 is 0 Å². The third kappa shape index (κ3) is 2.92. The average Bonchev–Trinajstić information content (AvgIpc) is 3.19. The number of hydrogen-bond acceptors (Lipinski definition) is 4. The lowest BCUT2D eigenvalue weighted by Gasteiger charge is -2.09. The second kappa shape index (κ2) is 5.28. The van der Waals surface area contributed by atoms with E-state index in [2.05, 4.69) is 9.97 Å². The van der Waals surface area contributed by atoms with Gasteiger partial charge in [0.2, 0.25) is 5.88 Å². The van der Waals surface area contributed by atoms with Crippen molar-refractivity contribution >= 4 is 40.6 Å². The largest absolute Gasteiger partial charge is 0.437 e. The number of anilines is 1. The number of nitrogen functional groups attached to an aromatic ring is 1. The minimum Gasteiger partial charge on any atom is -0.437 e. The Morgan fingerprint density at radius 2 is 1.70 bits per heavy atom. The maximum atomic E-state index is 6.06. The summed E-state index contributed by atoms with van der Waals surface area (Å²) in [5.74, 6) is 2.18. The fraction of sp³-hybridized carbons (Fsp3) is 0.231. The molecule has 7 heteroatoms. The van der Waals surface area contributed by atoms with Crippen LogP contribution in [0, 0.1) is 0 Å². The Hall–Kier alpha value is -1.23. The standard InChI is InChI=1S/C13H10Cl3N3O/c14-7-3-9(16)10(4-8(7)15)20-12-5-11(17)18-13(19-12)6-1-2-6/h3-6H,1-2H2,(H2,17,18,19). The summed E-state index contributed by atoms with van der Waals surface area (Å²) in [6, 6.07) is 4.61. The van der Waals surface area contributed by atoms with Crippen LogP contribution in [0.2, 0.25) is 15.1 Å². The van der Waals surface area contributed by atoms with Crippen molar-refractivity contribution in [1.82, 2.24) is 9.97 Å². The van der Waals surface area contributed by atoms with Crippen molar-refractivity contribution in [2.75, 3.05) is 5.73 Å². The maximum Gasteiger partial charge on any atom is 0.224 e. The highest BCUT2D eigenvalue weighted by Gasteiger charge is 2.27. The first-order chi connectivity index (χ1) is 9.52. The van der Waals surface area contributed by atoms with E-state index in [4.69, 9.17) is 45.3 Å². The molecular formula is C13H10Cl3N3O. The molecule has 1 fully saturated rings. The molecule has 2 aromatic rings. The van der Waals surface area contributed by atoms with E-state index in [0.717, 1.165) is 12.8 Å². The third-order valence-electron chi connectivity index (χ3n) is 2.87. The van der Waals surface area contributed by atoms with Gasteiger partial charge in [-0.05, 0) is 18.9 Å². The van der Waals surface area contributed by atoms with Crippen LogP contribution in [-0.2, 0) is 0 Å². The number of nitrogens with zero attached hydrogens (tertiary/aromatic N) is 2. The molecule has 0 spiro atoms. The molecular weight excluding hydrogens is 321 g/mol. The van der Waals surface area contributed by atoms with Gasteiger partial charge in [-0.3, -0.25) is 0 Å². The van der Waals surface area contributed by atoms with Gasteiger partial charge in [-0.15, -0.1) is 0 Å². The molecule has 3 rings (SSSR count). The molecule has 104 valence electrons. The zero-order valence-corrected chi connectivity index (χ0v) is 12.5. The topological polar surface area (TPSA) is 61.0 Å². The van der Waals surface area contributed by atoms with E-state index in [-0.39, 0.29) is 0 Å². The van der Waals surface area contributed by atoms with Crippen LogP contribution in [0.3, 0.4) is 0 Å². The highest BCUT2D eigenvalue weighted by Crippen LogP contribution is 2.40. The van der Waals surface area contributed by atoms with E-state index in [1.165, 1.54) is 6.07 Å². The Morgan fingerprint density at radius 1 is 1.00 bits per heavy atom. The summed E-state index contributed by atoms with van der Waals surface area (Å²) < 4.78 is 5.64. The lowest BCUT2D eigenvalue weighted by molar-refractivity contribution is 0.459. The lowest BCUT2D eigenvalue weighted by atomic mass is 10.3. The summed E-state index contributed by atoms with van der Waals surface area (Å²) in [5.41, 5.74) is 5.76. The highest BCUT2D eigenvalue weighted by atomic mass is 35.5. The van der Waals surface area contributed by atoms with Gasteiger partial charge in [0.1, 0.15) is 17.4 Å². The van der Waals surface area contributed by atoms with Crippen LogP contribution in [0.5, 0.6) is 11.6 Å². The minimum atomic E-state index is 0.347. The molecule has 2 N–H and O–H groups in total. The predicted octanol–water partition coefficient (Wildman–Crippen LogP) is 4.69. The second-order valence-electron chi connectivity index (χ2n) is 4.56. The number of ether oxygens (including phenoxy) is 1. The number of nitrogens with two attached hydrogens (primary N) is 1. The minimum absolute atomic E-state index is 0.347. The van der Waals surface area contributed by atoms with Crippen LogP contribution >= 0.6 is 34.8 Å². The van der Waals surface area contributed by atoms with E-state index < -0.39 is 0 Å². The summed E-state index contributed by atoms with van der Waals surface area (Å²) in [5, 5.41) is 1.07. The van der Waals surface area contributed by atoms with Crippen molar-refractivity contribution in [3.05, 3.63) is 39.1 Å². The van der Waals surface area contributed by atoms with Crippen molar-refractivity contribution in [3.63, 3.8) is 0 Å². The fourth-order valence-corrected chi connectivity index (χ4v) is 2.31. The van der Waals surface area contributed by atoms with E-state index in [1.807, 2.05) is 0 Å². The van der Waals surface area contributed by atoms with Crippen LogP contribution in [0.1, 0.15) is 24.6 Å². The van der Waals surface area contributed by atoms with Gasteiger partial charge in [-0.2, -0.15) is 4.98 Å². The molecule has 1 aliphatic rings. The Labute approximate surface area is 130 Å².